The summed E-state index contributed by atoms with van der Waals surface area (Å²) in [5.41, 5.74) is 0.973. The second-order valence-corrected chi connectivity index (χ2v) is 8.95. The number of anilines is 1. The standard InChI is InChI=1S/C24H32N6O9.ClH/c1-38-21(34)14-18-23(36)29(15-20(32)33)11-12-30(18)22(35)17(26-24(37)39-2)13-19(31)28-9-7-27(8-10-28)16-3-5-25-6-4-16;/h3-6,17-18H,7-15H2,1-2H3,(H,26,37)(H,32,33);1H. The molecular weight excluding hydrogens is 552 g/mol. The molecule has 0 bridgehead atoms. The van der Waals surface area contributed by atoms with Crippen molar-refractivity contribution in [2.24, 2.45) is 0 Å². The quantitative estimate of drug-likeness (QED) is 0.338. The van der Waals surface area contributed by atoms with Crippen LogP contribution in [0.25, 0.3) is 0 Å². The molecule has 0 saturated carbocycles. The van der Waals surface area contributed by atoms with Crippen molar-refractivity contribution in [3.63, 3.8) is 0 Å². The Kier molecular flexibility index (Phi) is 11.9. The van der Waals surface area contributed by atoms with Crippen LogP contribution < -0.4 is 10.2 Å². The first-order valence-corrected chi connectivity index (χ1v) is 12.3. The zero-order valence-corrected chi connectivity index (χ0v) is 23.0. The highest BCUT2D eigenvalue weighted by Crippen LogP contribution is 2.19. The zero-order chi connectivity index (χ0) is 28.5. The number of amides is 4. The molecule has 220 valence electrons. The number of esters is 1. The third kappa shape index (κ3) is 8.18. The predicted octanol–water partition coefficient (Wildman–Crippen LogP) is -1.05. The van der Waals surface area contributed by atoms with E-state index in [0.717, 1.165) is 29.7 Å². The number of halogens is 1. The van der Waals surface area contributed by atoms with E-state index >= 15 is 0 Å². The summed E-state index contributed by atoms with van der Waals surface area (Å²) in [7, 11) is 2.22. The monoisotopic (exact) mass is 584 g/mol. The van der Waals surface area contributed by atoms with E-state index in [0.29, 0.717) is 26.2 Å². The molecule has 0 aromatic carbocycles. The number of methoxy groups -OCH3 is 2. The van der Waals surface area contributed by atoms with E-state index < -0.39 is 61.3 Å². The van der Waals surface area contributed by atoms with Gasteiger partial charge in [-0.15, -0.1) is 12.4 Å². The molecule has 3 rings (SSSR count). The molecule has 15 nitrogen and oxygen atoms in total. The average Bonchev–Trinajstić information content (AvgIpc) is 2.94. The number of alkyl carbamates (subject to hydrolysis) is 1. The van der Waals surface area contributed by atoms with Gasteiger partial charge in [-0.05, 0) is 12.1 Å². The Morgan fingerprint density at radius 2 is 1.68 bits per heavy atom. The Labute approximate surface area is 236 Å². The Bertz CT molecular complexity index is 1080. The van der Waals surface area contributed by atoms with Crippen LogP contribution in [-0.2, 0) is 33.4 Å². The van der Waals surface area contributed by atoms with Crippen molar-refractivity contribution < 1.29 is 43.3 Å². The van der Waals surface area contributed by atoms with Gasteiger partial charge in [0.1, 0.15) is 18.6 Å². The second-order valence-electron chi connectivity index (χ2n) is 8.95. The molecule has 4 amide bonds. The third-order valence-electron chi connectivity index (χ3n) is 6.60. The summed E-state index contributed by atoms with van der Waals surface area (Å²) in [4.78, 5) is 84.8. The van der Waals surface area contributed by atoms with Crippen LogP contribution >= 0.6 is 12.4 Å². The number of aliphatic carboxylic acids is 1. The summed E-state index contributed by atoms with van der Waals surface area (Å²) in [5, 5.41) is 11.5. The molecular formula is C24H33ClN6O9. The molecule has 2 aliphatic rings. The smallest absolute Gasteiger partial charge is 0.407 e. The molecule has 2 saturated heterocycles. The lowest BCUT2D eigenvalue weighted by Gasteiger charge is -2.41. The average molecular weight is 585 g/mol. The number of pyridine rings is 1. The highest BCUT2D eigenvalue weighted by Gasteiger charge is 2.42. The van der Waals surface area contributed by atoms with Gasteiger partial charge in [-0.3, -0.25) is 29.0 Å². The van der Waals surface area contributed by atoms with Crippen molar-refractivity contribution in [2.75, 3.05) is 64.9 Å². The molecule has 16 heteroatoms. The fourth-order valence-electron chi connectivity index (χ4n) is 4.54. The summed E-state index contributed by atoms with van der Waals surface area (Å²) in [6.07, 6.45) is 1.48. The molecule has 2 unspecified atom stereocenters. The van der Waals surface area contributed by atoms with Crippen LogP contribution in [0.2, 0.25) is 0 Å². The van der Waals surface area contributed by atoms with Crippen LogP contribution in [0.4, 0.5) is 10.5 Å². The number of carboxylic acid groups (broad SMARTS) is 1. The van der Waals surface area contributed by atoms with Crippen molar-refractivity contribution >= 4 is 53.8 Å². The van der Waals surface area contributed by atoms with Crippen molar-refractivity contribution in [3.8, 4) is 0 Å². The number of hydrogen-bond donors (Lipinski definition) is 2. The lowest BCUT2D eigenvalue weighted by atomic mass is 10.0. The van der Waals surface area contributed by atoms with Gasteiger partial charge in [-0.25, -0.2) is 4.79 Å². The number of hydrogen-bond acceptors (Lipinski definition) is 10. The minimum absolute atomic E-state index is 0. The number of aromatic nitrogens is 1. The van der Waals surface area contributed by atoms with E-state index in [1.807, 2.05) is 12.1 Å². The first kappa shape index (κ1) is 32.1. The van der Waals surface area contributed by atoms with Gasteiger partial charge in [0.2, 0.25) is 17.7 Å². The summed E-state index contributed by atoms with van der Waals surface area (Å²) in [5.74, 6) is -3.96. The van der Waals surface area contributed by atoms with Gasteiger partial charge < -0.3 is 39.5 Å². The van der Waals surface area contributed by atoms with Gasteiger partial charge in [0.05, 0.1) is 27.1 Å². The van der Waals surface area contributed by atoms with E-state index in [9.17, 15) is 28.8 Å². The van der Waals surface area contributed by atoms with Gasteiger partial charge in [0.25, 0.3) is 0 Å². The normalized spacial score (nSPS) is 17.9. The highest BCUT2D eigenvalue weighted by molar-refractivity contribution is 5.97. The van der Waals surface area contributed by atoms with Crippen LogP contribution in [0.3, 0.4) is 0 Å². The van der Waals surface area contributed by atoms with Crippen LogP contribution in [0.1, 0.15) is 12.8 Å². The minimum Gasteiger partial charge on any atom is -0.480 e. The SMILES string of the molecule is COC(=O)CC1C(=O)N(CC(=O)O)CCN1C(=O)C(CC(=O)N1CCN(c2ccncc2)CC1)NC(=O)OC.Cl. The number of nitrogens with zero attached hydrogens (tertiary/aromatic N) is 5. The van der Waals surface area contributed by atoms with Gasteiger partial charge in [0, 0.05) is 57.3 Å². The number of nitrogens with one attached hydrogen (secondary N) is 1. The maximum Gasteiger partial charge on any atom is 0.407 e. The van der Waals surface area contributed by atoms with Crippen molar-refractivity contribution in [1.29, 1.82) is 0 Å². The van der Waals surface area contributed by atoms with Gasteiger partial charge >= 0.3 is 18.0 Å². The van der Waals surface area contributed by atoms with Crippen molar-refractivity contribution in [3.05, 3.63) is 24.5 Å². The maximum atomic E-state index is 13.6. The Morgan fingerprint density at radius 3 is 2.25 bits per heavy atom. The topological polar surface area (TPSA) is 179 Å². The molecule has 3 heterocycles. The summed E-state index contributed by atoms with van der Waals surface area (Å²) >= 11 is 0. The van der Waals surface area contributed by atoms with Crippen LogP contribution in [0.5, 0.6) is 0 Å². The third-order valence-corrected chi connectivity index (χ3v) is 6.60. The summed E-state index contributed by atoms with van der Waals surface area (Å²) in [6, 6.07) is 0.991. The Balaban J connectivity index is 0.00000560. The van der Waals surface area contributed by atoms with Gasteiger partial charge in [-0.1, -0.05) is 0 Å². The van der Waals surface area contributed by atoms with Crippen molar-refractivity contribution in [1.82, 2.24) is 25.0 Å². The van der Waals surface area contributed by atoms with E-state index in [4.69, 9.17) is 5.11 Å². The van der Waals surface area contributed by atoms with E-state index in [-0.39, 0.29) is 31.4 Å². The Hall–Kier alpha value is -4.14. The number of carboxylic acids is 1. The molecule has 0 spiro atoms. The summed E-state index contributed by atoms with van der Waals surface area (Å²) in [6.45, 7) is 1.06. The largest absolute Gasteiger partial charge is 0.480 e. The first-order chi connectivity index (χ1) is 18.6. The Morgan fingerprint density at radius 1 is 1.02 bits per heavy atom. The molecule has 1 aromatic rings. The van der Waals surface area contributed by atoms with Crippen LogP contribution in [0.15, 0.2) is 24.5 Å². The molecule has 0 aliphatic carbocycles. The lowest BCUT2D eigenvalue weighted by Crippen LogP contribution is -2.63. The minimum atomic E-state index is -1.39. The second kappa shape index (κ2) is 14.9. The molecule has 40 heavy (non-hydrogen) atoms. The number of carbonyl (C=O) groups is 6. The fraction of sp³-hybridized carbons (Fsp3) is 0.542. The predicted molar refractivity (Wildman–Crippen MR) is 141 cm³/mol. The highest BCUT2D eigenvalue weighted by atomic mass is 35.5. The van der Waals surface area contributed by atoms with Crippen LogP contribution in [-0.4, -0.2) is 133 Å². The molecule has 1 aromatic heterocycles. The fourth-order valence-corrected chi connectivity index (χ4v) is 4.54. The van der Waals surface area contributed by atoms with Gasteiger partial charge in [-0.2, -0.15) is 0 Å². The van der Waals surface area contributed by atoms with E-state index in [2.05, 4.69) is 24.7 Å². The summed E-state index contributed by atoms with van der Waals surface area (Å²) < 4.78 is 9.28. The molecule has 2 aliphatic heterocycles. The zero-order valence-electron chi connectivity index (χ0n) is 22.2. The molecule has 2 N–H and O–H groups in total. The number of ether oxygens (including phenoxy) is 2. The van der Waals surface area contributed by atoms with E-state index in [1.54, 1.807) is 17.3 Å². The maximum absolute atomic E-state index is 13.6. The number of rotatable bonds is 9. The first-order valence-electron chi connectivity index (χ1n) is 12.3. The molecule has 2 fully saturated rings. The van der Waals surface area contributed by atoms with Crippen molar-refractivity contribution in [2.45, 2.75) is 24.9 Å². The lowest BCUT2D eigenvalue weighted by molar-refractivity contribution is -0.159. The van der Waals surface area contributed by atoms with Crippen LogP contribution in [0, 0.1) is 0 Å². The number of piperazine rings is 2. The van der Waals surface area contributed by atoms with E-state index in [1.165, 1.54) is 0 Å². The molecule has 0 radical (unpaired) electrons. The van der Waals surface area contributed by atoms with Gasteiger partial charge in [0.15, 0.2) is 0 Å². The number of carbonyl (C=O) groups excluding carboxylic acids is 5. The molecule has 2 atom stereocenters.